The second kappa shape index (κ2) is 11.2. The Bertz CT molecular complexity index is 1330. The summed E-state index contributed by atoms with van der Waals surface area (Å²) in [5.74, 6) is -1.26. The molecular formula is C29H29FN4O3. The summed E-state index contributed by atoms with van der Waals surface area (Å²) >= 11 is 0. The van der Waals surface area contributed by atoms with Crippen LogP contribution in [0.25, 0.3) is 0 Å². The van der Waals surface area contributed by atoms with E-state index in [1.54, 1.807) is 36.7 Å². The Morgan fingerprint density at radius 2 is 1.81 bits per heavy atom. The molecule has 0 aliphatic carbocycles. The van der Waals surface area contributed by atoms with Crippen molar-refractivity contribution < 1.29 is 18.5 Å². The minimum atomic E-state index is -1.04. The minimum Gasteiger partial charge on any atom is -0.354 e. The number of aromatic nitrogens is 2. The number of rotatable bonds is 8. The van der Waals surface area contributed by atoms with E-state index < -0.39 is 17.9 Å². The first-order valence-corrected chi connectivity index (χ1v) is 12.0. The lowest BCUT2D eigenvalue weighted by Crippen LogP contribution is -2.44. The Balaban J connectivity index is 1.69. The summed E-state index contributed by atoms with van der Waals surface area (Å²) in [5.41, 5.74) is 2.79. The van der Waals surface area contributed by atoms with E-state index in [-0.39, 0.29) is 23.5 Å². The van der Waals surface area contributed by atoms with Crippen molar-refractivity contribution in [2.24, 2.45) is 0 Å². The molecule has 2 aromatic carbocycles. The monoisotopic (exact) mass is 500 g/mol. The molecule has 2 amide bonds. The fourth-order valence-electron chi connectivity index (χ4n) is 4.03. The Hall–Kier alpha value is -4.33. The maximum atomic E-state index is 13.7. The maximum absolute atomic E-state index is 13.7. The van der Waals surface area contributed by atoms with Crippen molar-refractivity contribution in [2.45, 2.75) is 38.6 Å². The van der Waals surface area contributed by atoms with Gasteiger partial charge in [0.05, 0.1) is 6.20 Å². The van der Waals surface area contributed by atoms with Gasteiger partial charge in [-0.05, 0) is 53.3 Å². The smallest absolute Gasteiger partial charge is 0.297 e. The Labute approximate surface area is 215 Å². The first-order chi connectivity index (χ1) is 17.7. The molecule has 190 valence electrons. The van der Waals surface area contributed by atoms with Crippen molar-refractivity contribution >= 4 is 17.5 Å². The van der Waals surface area contributed by atoms with Gasteiger partial charge in [0.2, 0.25) is 11.7 Å². The van der Waals surface area contributed by atoms with Crippen LogP contribution < -0.4 is 10.2 Å². The first-order valence-electron chi connectivity index (χ1n) is 12.0. The van der Waals surface area contributed by atoms with Gasteiger partial charge in [0, 0.05) is 36.3 Å². The lowest BCUT2D eigenvalue weighted by molar-refractivity contribution is -0.122. The highest BCUT2D eigenvalue weighted by Crippen LogP contribution is 2.32. The van der Waals surface area contributed by atoms with E-state index in [0.29, 0.717) is 17.7 Å². The van der Waals surface area contributed by atoms with Gasteiger partial charge in [-0.2, -0.15) is 0 Å². The van der Waals surface area contributed by atoms with Crippen molar-refractivity contribution in [1.82, 2.24) is 15.5 Å². The average Bonchev–Trinajstić information content (AvgIpc) is 3.42. The summed E-state index contributed by atoms with van der Waals surface area (Å²) in [6.45, 7) is 6.56. The van der Waals surface area contributed by atoms with Crippen LogP contribution in [0.5, 0.6) is 0 Å². The van der Waals surface area contributed by atoms with Crippen LogP contribution >= 0.6 is 0 Å². The molecule has 0 aliphatic heterocycles. The summed E-state index contributed by atoms with van der Waals surface area (Å²) < 4.78 is 18.7. The Morgan fingerprint density at radius 3 is 2.43 bits per heavy atom. The van der Waals surface area contributed by atoms with Gasteiger partial charge in [-0.3, -0.25) is 19.5 Å². The predicted octanol–water partition coefficient (Wildman–Crippen LogP) is 5.25. The highest BCUT2D eigenvalue weighted by Gasteiger charge is 2.35. The molecule has 0 spiro atoms. The molecule has 4 rings (SSSR count). The second-order valence-corrected chi connectivity index (χ2v) is 9.71. The lowest BCUT2D eigenvalue weighted by Gasteiger charge is -2.31. The van der Waals surface area contributed by atoms with Crippen LogP contribution in [-0.4, -0.2) is 28.5 Å². The molecule has 0 fully saturated rings. The number of halogens is 1. The van der Waals surface area contributed by atoms with E-state index in [2.05, 4.69) is 36.2 Å². The van der Waals surface area contributed by atoms with Crippen LogP contribution in [0.4, 0.5) is 10.1 Å². The van der Waals surface area contributed by atoms with Gasteiger partial charge in [0.25, 0.3) is 5.91 Å². The predicted molar refractivity (Wildman–Crippen MR) is 139 cm³/mol. The van der Waals surface area contributed by atoms with E-state index in [4.69, 9.17) is 4.52 Å². The quantitative estimate of drug-likeness (QED) is 0.357. The standard InChI is InChI=1S/C29H29FN4O3/c1-29(2,3)22-9-11-24(12-10-22)34(28(36)25-14-17-33-37-25)26(21-7-5-15-31-19-21)27(35)32-16-13-20-6-4-8-23(30)18-20/h4-12,14-15,17-19,26H,13,16H2,1-3H3,(H,32,35). The number of carbonyl (C=O) groups excluding carboxylic acids is 2. The zero-order chi connectivity index (χ0) is 26.4. The number of carbonyl (C=O) groups is 2. The van der Waals surface area contributed by atoms with Crippen molar-refractivity contribution in [2.75, 3.05) is 11.4 Å². The normalized spacial score (nSPS) is 12.1. The van der Waals surface area contributed by atoms with Crippen molar-refractivity contribution in [3.63, 3.8) is 0 Å². The van der Waals surface area contributed by atoms with Crippen molar-refractivity contribution in [3.05, 3.63) is 114 Å². The van der Waals surface area contributed by atoms with E-state index in [9.17, 15) is 14.0 Å². The van der Waals surface area contributed by atoms with Crippen LogP contribution in [0.1, 0.15) is 54.1 Å². The number of benzene rings is 2. The molecule has 0 radical (unpaired) electrons. The molecule has 0 saturated heterocycles. The van der Waals surface area contributed by atoms with Crippen molar-refractivity contribution in [3.8, 4) is 0 Å². The Morgan fingerprint density at radius 1 is 1.03 bits per heavy atom. The molecular weight excluding hydrogens is 471 g/mol. The molecule has 7 nitrogen and oxygen atoms in total. The van der Waals surface area contributed by atoms with E-state index >= 15 is 0 Å². The molecule has 1 N–H and O–H groups in total. The zero-order valence-corrected chi connectivity index (χ0v) is 21.0. The van der Waals surface area contributed by atoms with Crippen LogP contribution in [0.3, 0.4) is 0 Å². The van der Waals surface area contributed by atoms with Crippen LogP contribution in [0.2, 0.25) is 0 Å². The van der Waals surface area contributed by atoms with Crippen molar-refractivity contribution in [1.29, 1.82) is 0 Å². The molecule has 2 aromatic heterocycles. The topological polar surface area (TPSA) is 88.3 Å². The van der Waals surface area contributed by atoms with Gasteiger partial charge in [-0.15, -0.1) is 0 Å². The molecule has 37 heavy (non-hydrogen) atoms. The van der Waals surface area contributed by atoms with E-state index in [0.717, 1.165) is 11.1 Å². The fraction of sp³-hybridized carbons (Fsp3) is 0.241. The molecule has 4 aromatic rings. The van der Waals surface area contributed by atoms with Gasteiger partial charge in [0.15, 0.2) is 0 Å². The number of pyridine rings is 1. The van der Waals surface area contributed by atoms with Gasteiger partial charge in [-0.1, -0.05) is 56.3 Å². The summed E-state index contributed by atoms with van der Waals surface area (Å²) in [6.07, 6.45) is 4.97. The fourth-order valence-corrected chi connectivity index (χ4v) is 4.03. The molecule has 0 aliphatic rings. The van der Waals surface area contributed by atoms with Gasteiger partial charge in [0.1, 0.15) is 11.9 Å². The summed E-state index contributed by atoms with van der Waals surface area (Å²) in [5, 5.41) is 6.57. The number of hydrogen-bond acceptors (Lipinski definition) is 5. The number of anilines is 1. The highest BCUT2D eigenvalue weighted by atomic mass is 19.1. The molecule has 2 heterocycles. The Kier molecular flexibility index (Phi) is 7.77. The first kappa shape index (κ1) is 25.8. The molecule has 0 saturated carbocycles. The zero-order valence-electron chi connectivity index (χ0n) is 21.0. The minimum absolute atomic E-state index is 0.00125. The summed E-state index contributed by atoms with van der Waals surface area (Å²) in [4.78, 5) is 32.9. The van der Waals surface area contributed by atoms with Gasteiger partial charge < -0.3 is 9.84 Å². The van der Waals surface area contributed by atoms with Crippen LogP contribution in [0, 0.1) is 5.82 Å². The van der Waals surface area contributed by atoms with E-state index in [1.807, 2.05) is 24.3 Å². The summed E-state index contributed by atoms with van der Waals surface area (Å²) in [7, 11) is 0. The molecule has 0 bridgehead atoms. The summed E-state index contributed by atoms with van der Waals surface area (Å²) in [6, 6.07) is 17.6. The average molecular weight is 501 g/mol. The van der Waals surface area contributed by atoms with Gasteiger partial charge in [-0.25, -0.2) is 4.39 Å². The maximum Gasteiger partial charge on any atom is 0.297 e. The number of nitrogens with zero attached hydrogens (tertiary/aromatic N) is 3. The third kappa shape index (κ3) is 6.27. The SMILES string of the molecule is CC(C)(C)c1ccc(N(C(=O)c2ccno2)C(C(=O)NCCc2cccc(F)c2)c2cccnc2)cc1. The molecule has 1 atom stereocenters. The number of amides is 2. The second-order valence-electron chi connectivity index (χ2n) is 9.71. The lowest BCUT2D eigenvalue weighted by atomic mass is 9.87. The largest absolute Gasteiger partial charge is 0.354 e. The van der Waals surface area contributed by atoms with Crippen LogP contribution in [-0.2, 0) is 16.6 Å². The van der Waals surface area contributed by atoms with Gasteiger partial charge >= 0.3 is 0 Å². The number of hydrogen-bond donors (Lipinski definition) is 1. The highest BCUT2D eigenvalue weighted by molar-refractivity contribution is 6.08. The van der Waals surface area contributed by atoms with E-state index in [1.165, 1.54) is 29.3 Å². The third-order valence-electron chi connectivity index (χ3n) is 5.99. The van der Waals surface area contributed by atoms with Crippen LogP contribution in [0.15, 0.2) is 89.8 Å². The molecule has 1 unspecified atom stereocenters. The third-order valence-corrected chi connectivity index (χ3v) is 5.99. The number of nitrogens with one attached hydrogen (secondary N) is 1. The molecule has 8 heteroatoms.